The Bertz CT molecular complexity index is 511. The minimum atomic E-state index is -1.04. The third-order valence-electron chi connectivity index (χ3n) is 6.90. The Balaban J connectivity index is 3.24. The molecule has 0 atom stereocenters. The van der Waals surface area contributed by atoms with Gasteiger partial charge >= 0.3 is 0 Å². The largest absolute Gasteiger partial charge is 0.544 e. The van der Waals surface area contributed by atoms with Gasteiger partial charge in [-0.15, -0.1) is 0 Å². The van der Waals surface area contributed by atoms with Gasteiger partial charge in [0.2, 0.25) is 5.91 Å². The van der Waals surface area contributed by atoms with Crippen molar-refractivity contribution in [2.24, 2.45) is 0 Å². The first kappa shape index (κ1) is 34.9. The number of ether oxygens (including phenoxy) is 1. The Kier molecular flexibility index (Phi) is 24.7. The molecule has 1 N–H and O–H groups in total. The zero-order valence-electron chi connectivity index (χ0n) is 24.3. The second-order valence-corrected chi connectivity index (χ2v) is 11.3. The van der Waals surface area contributed by atoms with Gasteiger partial charge in [-0.05, 0) is 19.3 Å². The number of carboxylic acid groups (broad SMARTS) is 1. The van der Waals surface area contributed by atoms with E-state index < -0.39 is 5.97 Å². The second kappa shape index (κ2) is 25.5. The van der Waals surface area contributed by atoms with Gasteiger partial charge in [0.15, 0.2) is 0 Å². The summed E-state index contributed by atoms with van der Waals surface area (Å²) in [4.78, 5) is 22.6. The first-order valence-corrected chi connectivity index (χ1v) is 15.2. The molecule has 0 aliphatic carbocycles. The summed E-state index contributed by atoms with van der Waals surface area (Å²) in [5.74, 6) is -0.973. The van der Waals surface area contributed by atoms with Crippen LogP contribution in [-0.2, 0) is 14.3 Å². The van der Waals surface area contributed by atoms with Gasteiger partial charge in [0.05, 0.1) is 26.6 Å². The summed E-state index contributed by atoms with van der Waals surface area (Å²) in [6.45, 7) is 5.13. The second-order valence-electron chi connectivity index (χ2n) is 11.3. The van der Waals surface area contributed by atoms with Crippen molar-refractivity contribution in [3.8, 4) is 0 Å². The number of nitrogens with one attached hydrogen (secondary N) is 1. The Hall–Kier alpha value is -1.14. The van der Waals surface area contributed by atoms with Crippen molar-refractivity contribution in [1.82, 2.24) is 5.32 Å². The third kappa shape index (κ3) is 27.4. The van der Waals surface area contributed by atoms with E-state index in [1.54, 1.807) is 0 Å². The fraction of sp³-hybridized carbons (Fsp3) is 0.933. The summed E-state index contributed by atoms with van der Waals surface area (Å²) < 4.78 is 6.09. The zero-order valence-corrected chi connectivity index (χ0v) is 24.3. The summed E-state index contributed by atoms with van der Waals surface area (Å²) >= 11 is 0. The maximum absolute atomic E-state index is 11.9. The van der Waals surface area contributed by atoms with E-state index in [-0.39, 0.29) is 12.5 Å². The average molecular weight is 513 g/mol. The molecule has 0 rings (SSSR count). The number of carboxylic acids is 1. The molecule has 6 nitrogen and oxygen atoms in total. The summed E-state index contributed by atoms with van der Waals surface area (Å²) in [6, 6.07) is 0. The molecule has 0 aromatic carbocycles. The van der Waals surface area contributed by atoms with E-state index in [1.165, 1.54) is 96.3 Å². The Morgan fingerprint density at radius 3 is 1.58 bits per heavy atom. The van der Waals surface area contributed by atoms with Crippen LogP contribution < -0.4 is 10.4 Å². The molecule has 36 heavy (non-hydrogen) atoms. The number of amides is 1. The number of likely N-dealkylation sites (N-methyl/N-ethyl adjacent to an activating group) is 1. The maximum atomic E-state index is 11.9. The van der Waals surface area contributed by atoms with Crippen LogP contribution in [0.4, 0.5) is 0 Å². The molecule has 0 spiro atoms. The minimum Gasteiger partial charge on any atom is -0.544 e. The van der Waals surface area contributed by atoms with E-state index in [0.717, 1.165) is 38.9 Å². The first-order valence-electron chi connectivity index (χ1n) is 15.2. The minimum absolute atomic E-state index is 0.00656. The molecule has 0 saturated carbocycles. The number of carbonyl (C=O) groups is 2. The molecule has 0 bridgehead atoms. The van der Waals surface area contributed by atoms with E-state index in [1.807, 2.05) is 14.1 Å². The molecule has 0 saturated heterocycles. The highest BCUT2D eigenvalue weighted by Gasteiger charge is 2.14. The lowest BCUT2D eigenvalue weighted by molar-refractivity contribution is -0.884. The van der Waals surface area contributed by atoms with Gasteiger partial charge in [0.1, 0.15) is 6.54 Å². The lowest BCUT2D eigenvalue weighted by Gasteiger charge is -2.30. The molecule has 0 unspecified atom stereocenters. The molecule has 214 valence electrons. The maximum Gasteiger partial charge on any atom is 0.219 e. The molecule has 0 radical (unpaired) electrons. The van der Waals surface area contributed by atoms with Crippen molar-refractivity contribution in [1.29, 1.82) is 0 Å². The van der Waals surface area contributed by atoms with Gasteiger partial charge in [-0.3, -0.25) is 4.79 Å². The average Bonchev–Trinajstić information content (AvgIpc) is 2.82. The molecular formula is C30H60N2O4. The zero-order chi connectivity index (χ0) is 26.7. The van der Waals surface area contributed by atoms with Gasteiger partial charge in [0.25, 0.3) is 0 Å². The predicted molar refractivity (Wildman–Crippen MR) is 149 cm³/mol. The number of hydrogen-bond donors (Lipinski definition) is 1. The molecule has 0 heterocycles. The molecule has 1 amide bonds. The highest BCUT2D eigenvalue weighted by Crippen LogP contribution is 2.13. The van der Waals surface area contributed by atoms with Crippen LogP contribution in [0.5, 0.6) is 0 Å². The summed E-state index contributed by atoms with van der Waals surface area (Å²) in [7, 11) is 3.72. The van der Waals surface area contributed by atoms with E-state index in [2.05, 4.69) is 12.2 Å². The van der Waals surface area contributed by atoms with Gasteiger partial charge in [-0.2, -0.15) is 0 Å². The summed E-state index contributed by atoms with van der Waals surface area (Å²) in [5.41, 5.74) is 0. The Morgan fingerprint density at radius 1 is 0.667 bits per heavy atom. The van der Waals surface area contributed by atoms with Crippen molar-refractivity contribution >= 4 is 11.9 Å². The topological polar surface area (TPSA) is 78.5 Å². The van der Waals surface area contributed by atoms with Crippen molar-refractivity contribution in [3.05, 3.63) is 0 Å². The van der Waals surface area contributed by atoms with E-state index in [9.17, 15) is 14.7 Å². The number of rotatable bonds is 28. The molecule has 0 aliphatic rings. The van der Waals surface area contributed by atoms with Crippen molar-refractivity contribution in [2.45, 2.75) is 135 Å². The van der Waals surface area contributed by atoms with E-state index in [4.69, 9.17) is 4.74 Å². The quantitative estimate of drug-likeness (QED) is 0.107. The smallest absolute Gasteiger partial charge is 0.219 e. The van der Waals surface area contributed by atoms with Crippen LogP contribution in [0.2, 0.25) is 0 Å². The molecule has 0 fully saturated rings. The van der Waals surface area contributed by atoms with Crippen LogP contribution in [0, 0.1) is 0 Å². The number of aliphatic carboxylic acids is 1. The number of hydrogen-bond acceptors (Lipinski definition) is 4. The Labute approximate surface area is 223 Å². The number of nitrogens with zero attached hydrogens (tertiary/aromatic N) is 1. The van der Waals surface area contributed by atoms with Crippen molar-refractivity contribution < 1.29 is 23.9 Å². The Morgan fingerprint density at radius 2 is 1.11 bits per heavy atom. The van der Waals surface area contributed by atoms with Crippen LogP contribution in [0.15, 0.2) is 0 Å². The van der Waals surface area contributed by atoms with Crippen molar-refractivity contribution in [3.63, 3.8) is 0 Å². The van der Waals surface area contributed by atoms with Crippen LogP contribution in [-0.4, -0.2) is 63.3 Å². The standard InChI is InChI=1S/C30H60N2O4/c1-4-5-6-7-8-9-10-11-12-13-14-15-16-17-18-20-26-36-27-21-19-23-29(33)31-24-22-25-32(2,3)28-30(34)35/h4-28H2,1-3H3,(H-,31,33,34,35). The first-order chi connectivity index (χ1) is 17.4. The highest BCUT2D eigenvalue weighted by atomic mass is 16.5. The number of quaternary nitrogens is 1. The lowest BCUT2D eigenvalue weighted by atomic mass is 10.0. The fourth-order valence-electron chi connectivity index (χ4n) is 4.60. The molecule has 6 heteroatoms. The monoisotopic (exact) mass is 512 g/mol. The lowest BCUT2D eigenvalue weighted by Crippen LogP contribution is -2.49. The van der Waals surface area contributed by atoms with Gasteiger partial charge in [-0.1, -0.05) is 103 Å². The molecule has 0 aromatic rings. The van der Waals surface area contributed by atoms with Crippen LogP contribution in [0.1, 0.15) is 135 Å². The summed E-state index contributed by atoms with van der Waals surface area (Å²) in [6.07, 6.45) is 25.2. The van der Waals surface area contributed by atoms with Crippen LogP contribution in [0.25, 0.3) is 0 Å². The van der Waals surface area contributed by atoms with Gasteiger partial charge in [-0.25, -0.2) is 0 Å². The molecule has 0 aliphatic heterocycles. The fourth-order valence-corrected chi connectivity index (χ4v) is 4.60. The SMILES string of the molecule is CCCCCCCCCCCCCCCCCCOCCCCC(=O)NCCC[N+](C)(C)CC(=O)[O-]. The van der Waals surface area contributed by atoms with E-state index in [0.29, 0.717) is 24.0 Å². The van der Waals surface area contributed by atoms with Gasteiger partial charge in [0, 0.05) is 32.6 Å². The number of carbonyl (C=O) groups excluding carboxylic acids is 2. The van der Waals surface area contributed by atoms with E-state index >= 15 is 0 Å². The van der Waals surface area contributed by atoms with Crippen molar-refractivity contribution in [2.75, 3.05) is 46.9 Å². The summed E-state index contributed by atoms with van der Waals surface area (Å²) in [5, 5.41) is 13.6. The number of unbranched alkanes of at least 4 members (excludes halogenated alkanes) is 16. The van der Waals surface area contributed by atoms with Crippen LogP contribution >= 0.6 is 0 Å². The molecular weight excluding hydrogens is 452 g/mol. The highest BCUT2D eigenvalue weighted by molar-refractivity contribution is 5.75. The normalized spacial score (nSPS) is 11.6. The van der Waals surface area contributed by atoms with Gasteiger partial charge < -0.3 is 24.4 Å². The van der Waals surface area contributed by atoms with Crippen LogP contribution in [0.3, 0.4) is 0 Å². The molecule has 0 aromatic heterocycles. The predicted octanol–water partition coefficient (Wildman–Crippen LogP) is 5.77. The third-order valence-corrected chi connectivity index (χ3v) is 6.90.